The molecule has 0 bridgehead atoms. The van der Waals surface area contributed by atoms with Crippen molar-refractivity contribution in [3.05, 3.63) is 48.3 Å². The number of nitrogens with zero attached hydrogens (tertiary/aromatic N) is 1. The zero-order valence-corrected chi connectivity index (χ0v) is 13.2. The smallest absolute Gasteiger partial charge is 0.255 e. The summed E-state index contributed by atoms with van der Waals surface area (Å²) in [5, 5.41) is 5.47. The first kappa shape index (κ1) is 15.5. The SMILES string of the molecule is COc1ccc(NC(=O)c2ccc3nc[nH]c3c2)cc1NC(C)=O. The molecule has 0 aliphatic carbocycles. The lowest BCUT2D eigenvalue weighted by atomic mass is 10.1. The second-order valence-corrected chi connectivity index (χ2v) is 5.18. The molecule has 0 spiro atoms. The van der Waals surface area contributed by atoms with Gasteiger partial charge in [-0.1, -0.05) is 0 Å². The molecule has 24 heavy (non-hydrogen) atoms. The van der Waals surface area contributed by atoms with E-state index in [1.165, 1.54) is 14.0 Å². The van der Waals surface area contributed by atoms with Crippen LogP contribution in [-0.4, -0.2) is 28.9 Å². The largest absolute Gasteiger partial charge is 0.495 e. The van der Waals surface area contributed by atoms with Crippen LogP contribution >= 0.6 is 0 Å². The minimum atomic E-state index is -0.259. The van der Waals surface area contributed by atoms with Crippen molar-refractivity contribution in [2.24, 2.45) is 0 Å². The van der Waals surface area contributed by atoms with Crippen LogP contribution in [0.2, 0.25) is 0 Å². The van der Waals surface area contributed by atoms with Gasteiger partial charge in [-0.2, -0.15) is 0 Å². The number of hydrogen-bond acceptors (Lipinski definition) is 4. The monoisotopic (exact) mass is 324 g/mol. The number of ether oxygens (including phenoxy) is 1. The van der Waals surface area contributed by atoms with Crippen LogP contribution < -0.4 is 15.4 Å². The Hall–Kier alpha value is -3.35. The second kappa shape index (κ2) is 6.41. The average Bonchev–Trinajstić information content (AvgIpc) is 3.02. The Morgan fingerprint density at radius 3 is 2.71 bits per heavy atom. The number of aromatic nitrogens is 2. The standard InChI is InChI=1S/C17H16N4O3/c1-10(22)20-15-8-12(4-6-16(15)24-2)21-17(23)11-3-5-13-14(7-11)19-9-18-13/h3-9H,1-2H3,(H,18,19)(H,20,22)(H,21,23). The highest BCUT2D eigenvalue weighted by Gasteiger charge is 2.11. The molecule has 0 atom stereocenters. The van der Waals surface area contributed by atoms with Crippen LogP contribution in [-0.2, 0) is 4.79 Å². The molecular formula is C17H16N4O3. The number of aromatic amines is 1. The molecule has 122 valence electrons. The quantitative estimate of drug-likeness (QED) is 0.687. The number of imidazole rings is 1. The van der Waals surface area contributed by atoms with Crippen LogP contribution in [0.5, 0.6) is 5.75 Å². The molecule has 2 aromatic carbocycles. The van der Waals surface area contributed by atoms with Gasteiger partial charge in [-0.05, 0) is 36.4 Å². The molecule has 0 unspecified atom stereocenters. The van der Waals surface area contributed by atoms with E-state index < -0.39 is 0 Å². The van der Waals surface area contributed by atoms with E-state index in [2.05, 4.69) is 20.6 Å². The Morgan fingerprint density at radius 2 is 1.96 bits per heavy atom. The molecule has 0 fully saturated rings. The summed E-state index contributed by atoms with van der Waals surface area (Å²) in [6.07, 6.45) is 1.58. The first-order chi connectivity index (χ1) is 11.6. The number of anilines is 2. The molecule has 0 saturated carbocycles. The number of nitrogens with one attached hydrogen (secondary N) is 3. The molecule has 2 amide bonds. The van der Waals surface area contributed by atoms with Gasteiger partial charge in [-0.25, -0.2) is 4.98 Å². The van der Waals surface area contributed by atoms with E-state index in [0.717, 1.165) is 11.0 Å². The summed E-state index contributed by atoms with van der Waals surface area (Å²) in [7, 11) is 1.51. The third-order valence-corrected chi connectivity index (χ3v) is 3.45. The fraction of sp³-hybridized carbons (Fsp3) is 0.118. The minimum Gasteiger partial charge on any atom is -0.495 e. The first-order valence-electron chi connectivity index (χ1n) is 7.27. The normalized spacial score (nSPS) is 10.4. The third-order valence-electron chi connectivity index (χ3n) is 3.45. The fourth-order valence-electron chi connectivity index (χ4n) is 2.35. The summed E-state index contributed by atoms with van der Waals surface area (Å²) in [6.45, 7) is 1.41. The number of hydrogen-bond donors (Lipinski definition) is 3. The van der Waals surface area contributed by atoms with Gasteiger partial charge in [0.15, 0.2) is 0 Å². The van der Waals surface area contributed by atoms with Gasteiger partial charge in [0.25, 0.3) is 5.91 Å². The van der Waals surface area contributed by atoms with Crippen LogP contribution in [0.3, 0.4) is 0 Å². The molecule has 3 aromatic rings. The molecule has 7 heteroatoms. The maximum Gasteiger partial charge on any atom is 0.255 e. The Kier molecular flexibility index (Phi) is 4.15. The van der Waals surface area contributed by atoms with Gasteiger partial charge in [-0.3, -0.25) is 9.59 Å². The van der Waals surface area contributed by atoms with Crippen molar-refractivity contribution in [2.45, 2.75) is 6.92 Å². The topological polar surface area (TPSA) is 96.1 Å². The summed E-state index contributed by atoms with van der Waals surface area (Å²) in [6, 6.07) is 10.2. The summed E-state index contributed by atoms with van der Waals surface area (Å²) in [5.74, 6) is 0.0361. The molecular weight excluding hydrogens is 308 g/mol. The van der Waals surface area contributed by atoms with E-state index >= 15 is 0 Å². The Bertz CT molecular complexity index is 917. The summed E-state index contributed by atoms with van der Waals surface area (Å²) in [5.41, 5.74) is 3.13. The van der Waals surface area contributed by atoms with Crippen LogP contribution in [0, 0.1) is 0 Å². The Morgan fingerprint density at radius 1 is 1.12 bits per heavy atom. The summed E-state index contributed by atoms with van der Waals surface area (Å²) < 4.78 is 5.19. The number of H-pyrrole nitrogens is 1. The molecule has 3 rings (SSSR count). The predicted octanol–water partition coefficient (Wildman–Crippen LogP) is 2.78. The molecule has 0 aliphatic heterocycles. The van der Waals surface area contributed by atoms with Gasteiger partial charge in [0.1, 0.15) is 5.75 Å². The fourth-order valence-corrected chi connectivity index (χ4v) is 2.35. The van der Waals surface area contributed by atoms with Crippen molar-refractivity contribution < 1.29 is 14.3 Å². The second-order valence-electron chi connectivity index (χ2n) is 5.18. The predicted molar refractivity (Wildman–Crippen MR) is 91.3 cm³/mol. The van der Waals surface area contributed by atoms with Crippen LogP contribution in [0.4, 0.5) is 11.4 Å². The zero-order chi connectivity index (χ0) is 17.1. The molecule has 3 N–H and O–H groups in total. The highest BCUT2D eigenvalue weighted by Crippen LogP contribution is 2.28. The van der Waals surface area contributed by atoms with Crippen LogP contribution in [0.15, 0.2) is 42.7 Å². The molecule has 0 radical (unpaired) electrons. The summed E-state index contributed by atoms with van der Waals surface area (Å²) >= 11 is 0. The summed E-state index contributed by atoms with van der Waals surface area (Å²) in [4.78, 5) is 30.8. The van der Waals surface area contributed by atoms with Crippen molar-refractivity contribution in [3.63, 3.8) is 0 Å². The number of rotatable bonds is 4. The minimum absolute atomic E-state index is 0.221. The van der Waals surface area contributed by atoms with Crippen molar-refractivity contribution in [2.75, 3.05) is 17.7 Å². The number of carbonyl (C=O) groups is 2. The maximum atomic E-state index is 12.4. The van der Waals surface area contributed by atoms with Crippen molar-refractivity contribution in [1.29, 1.82) is 0 Å². The van der Waals surface area contributed by atoms with E-state index in [4.69, 9.17) is 4.74 Å². The van der Waals surface area contributed by atoms with Gasteiger partial charge in [0, 0.05) is 18.2 Å². The first-order valence-corrected chi connectivity index (χ1v) is 7.27. The molecule has 1 heterocycles. The number of benzene rings is 2. The Balaban J connectivity index is 1.84. The Labute approximate surface area is 138 Å². The van der Waals surface area contributed by atoms with Gasteiger partial charge in [0.05, 0.1) is 30.2 Å². The number of methoxy groups -OCH3 is 1. The third kappa shape index (κ3) is 3.19. The lowest BCUT2D eigenvalue weighted by Gasteiger charge is -2.12. The molecule has 0 aliphatic rings. The highest BCUT2D eigenvalue weighted by atomic mass is 16.5. The average molecular weight is 324 g/mol. The highest BCUT2D eigenvalue weighted by molar-refractivity contribution is 6.06. The lowest BCUT2D eigenvalue weighted by Crippen LogP contribution is -2.13. The molecule has 0 saturated heterocycles. The number of carbonyl (C=O) groups excluding carboxylic acids is 2. The lowest BCUT2D eigenvalue weighted by molar-refractivity contribution is -0.114. The van der Waals surface area contributed by atoms with Gasteiger partial charge in [-0.15, -0.1) is 0 Å². The van der Waals surface area contributed by atoms with Crippen LogP contribution in [0.1, 0.15) is 17.3 Å². The van der Waals surface area contributed by atoms with E-state index in [1.54, 1.807) is 42.7 Å². The number of amides is 2. The van der Waals surface area contributed by atoms with E-state index in [9.17, 15) is 9.59 Å². The zero-order valence-electron chi connectivity index (χ0n) is 13.2. The van der Waals surface area contributed by atoms with E-state index in [-0.39, 0.29) is 11.8 Å². The van der Waals surface area contributed by atoms with Crippen molar-refractivity contribution >= 4 is 34.2 Å². The van der Waals surface area contributed by atoms with Gasteiger partial charge in [0.2, 0.25) is 5.91 Å². The van der Waals surface area contributed by atoms with Crippen molar-refractivity contribution in [1.82, 2.24) is 9.97 Å². The maximum absolute atomic E-state index is 12.4. The van der Waals surface area contributed by atoms with Crippen molar-refractivity contribution in [3.8, 4) is 5.75 Å². The van der Waals surface area contributed by atoms with E-state index in [1.807, 2.05) is 0 Å². The molecule has 1 aromatic heterocycles. The molecule has 7 nitrogen and oxygen atoms in total. The van der Waals surface area contributed by atoms with Gasteiger partial charge < -0.3 is 20.4 Å². The van der Waals surface area contributed by atoms with E-state index in [0.29, 0.717) is 22.7 Å². The number of fused-ring (bicyclic) bond motifs is 1. The van der Waals surface area contributed by atoms with Gasteiger partial charge >= 0.3 is 0 Å². The van der Waals surface area contributed by atoms with Crippen LogP contribution in [0.25, 0.3) is 11.0 Å².